The van der Waals surface area contributed by atoms with Gasteiger partial charge in [-0.25, -0.2) is 4.79 Å². The highest BCUT2D eigenvalue weighted by atomic mass is 16.2. The molecule has 5 nitrogen and oxygen atoms in total. The van der Waals surface area contributed by atoms with E-state index in [0.29, 0.717) is 32.6 Å². The zero-order valence-electron chi connectivity index (χ0n) is 12.8. The second-order valence-electron chi connectivity index (χ2n) is 5.39. The van der Waals surface area contributed by atoms with Crippen LogP contribution in [0.1, 0.15) is 11.1 Å². The number of rotatable bonds is 3. The third-order valence-corrected chi connectivity index (χ3v) is 3.74. The van der Waals surface area contributed by atoms with E-state index >= 15 is 0 Å². The normalized spacial score (nSPS) is 14.4. The SMILES string of the molecule is C#CCNC(=O)N1CCN(C(=O)Cc2ccc(C)cc2)CC1. The van der Waals surface area contributed by atoms with E-state index in [0.717, 1.165) is 5.56 Å². The fourth-order valence-corrected chi connectivity index (χ4v) is 2.39. The molecule has 22 heavy (non-hydrogen) atoms. The highest BCUT2D eigenvalue weighted by Gasteiger charge is 2.23. The Morgan fingerprint density at radius 2 is 1.73 bits per heavy atom. The zero-order valence-corrected chi connectivity index (χ0v) is 12.8. The summed E-state index contributed by atoms with van der Waals surface area (Å²) in [6.45, 7) is 4.45. The van der Waals surface area contributed by atoms with Crippen molar-refractivity contribution in [2.45, 2.75) is 13.3 Å². The van der Waals surface area contributed by atoms with E-state index in [1.807, 2.05) is 36.1 Å². The lowest BCUT2D eigenvalue weighted by Gasteiger charge is -2.34. The number of carbonyl (C=O) groups excluding carboxylic acids is 2. The molecule has 1 aliphatic heterocycles. The van der Waals surface area contributed by atoms with Crippen molar-refractivity contribution in [3.05, 3.63) is 35.4 Å². The van der Waals surface area contributed by atoms with E-state index in [1.165, 1.54) is 5.56 Å². The smallest absolute Gasteiger partial charge is 0.318 e. The molecule has 1 N–H and O–H groups in total. The van der Waals surface area contributed by atoms with Gasteiger partial charge in [0.25, 0.3) is 0 Å². The van der Waals surface area contributed by atoms with Crippen LogP contribution < -0.4 is 5.32 Å². The number of amides is 3. The van der Waals surface area contributed by atoms with Gasteiger partial charge in [0.15, 0.2) is 0 Å². The molecule has 0 spiro atoms. The first-order valence-electron chi connectivity index (χ1n) is 7.39. The summed E-state index contributed by atoms with van der Waals surface area (Å²) >= 11 is 0. The average molecular weight is 299 g/mol. The van der Waals surface area contributed by atoms with Gasteiger partial charge in [-0.1, -0.05) is 35.7 Å². The van der Waals surface area contributed by atoms with Crippen LogP contribution in [0, 0.1) is 19.3 Å². The summed E-state index contributed by atoms with van der Waals surface area (Å²) in [5.74, 6) is 2.48. The van der Waals surface area contributed by atoms with Gasteiger partial charge in [-0.05, 0) is 12.5 Å². The van der Waals surface area contributed by atoms with Gasteiger partial charge in [-0.3, -0.25) is 4.79 Å². The van der Waals surface area contributed by atoms with E-state index in [4.69, 9.17) is 6.42 Å². The Hall–Kier alpha value is -2.48. The zero-order chi connectivity index (χ0) is 15.9. The monoisotopic (exact) mass is 299 g/mol. The maximum Gasteiger partial charge on any atom is 0.318 e. The lowest BCUT2D eigenvalue weighted by Crippen LogP contribution is -2.53. The van der Waals surface area contributed by atoms with Gasteiger partial charge >= 0.3 is 6.03 Å². The summed E-state index contributed by atoms with van der Waals surface area (Å²) in [6.07, 6.45) is 5.52. The van der Waals surface area contributed by atoms with Crippen LogP contribution in [0.5, 0.6) is 0 Å². The molecular formula is C17H21N3O2. The highest BCUT2D eigenvalue weighted by molar-refractivity contribution is 5.79. The molecule has 5 heteroatoms. The number of terminal acetylenes is 1. The van der Waals surface area contributed by atoms with Crippen molar-refractivity contribution >= 4 is 11.9 Å². The van der Waals surface area contributed by atoms with Crippen LogP contribution in [0.2, 0.25) is 0 Å². The van der Waals surface area contributed by atoms with Crippen LogP contribution in [0.3, 0.4) is 0 Å². The third-order valence-electron chi connectivity index (χ3n) is 3.74. The molecule has 116 valence electrons. The summed E-state index contributed by atoms with van der Waals surface area (Å²) in [6, 6.07) is 7.82. The Balaban J connectivity index is 1.81. The van der Waals surface area contributed by atoms with Crippen LogP contribution in [-0.2, 0) is 11.2 Å². The van der Waals surface area contributed by atoms with Crippen molar-refractivity contribution < 1.29 is 9.59 Å². The molecular weight excluding hydrogens is 278 g/mol. The van der Waals surface area contributed by atoms with Crippen molar-refractivity contribution in [3.8, 4) is 12.3 Å². The second-order valence-corrected chi connectivity index (χ2v) is 5.39. The lowest BCUT2D eigenvalue weighted by atomic mass is 10.1. The van der Waals surface area contributed by atoms with Crippen LogP contribution in [-0.4, -0.2) is 54.5 Å². The first-order chi connectivity index (χ1) is 10.6. The van der Waals surface area contributed by atoms with E-state index in [-0.39, 0.29) is 18.5 Å². The van der Waals surface area contributed by atoms with Crippen molar-refractivity contribution in [3.63, 3.8) is 0 Å². The van der Waals surface area contributed by atoms with E-state index < -0.39 is 0 Å². The standard InChI is InChI=1S/C17H21N3O2/c1-3-8-18-17(22)20-11-9-19(10-12-20)16(21)13-15-6-4-14(2)5-7-15/h1,4-7H,8-13H2,2H3,(H,18,22). The molecule has 1 fully saturated rings. The van der Waals surface area contributed by atoms with Crippen molar-refractivity contribution in [1.82, 2.24) is 15.1 Å². The molecule has 2 rings (SSSR count). The fraction of sp³-hybridized carbons (Fsp3) is 0.412. The lowest BCUT2D eigenvalue weighted by molar-refractivity contribution is -0.131. The fourth-order valence-electron chi connectivity index (χ4n) is 2.39. The van der Waals surface area contributed by atoms with Gasteiger partial charge in [0.05, 0.1) is 13.0 Å². The molecule has 1 heterocycles. The van der Waals surface area contributed by atoms with E-state index in [1.54, 1.807) is 4.90 Å². The van der Waals surface area contributed by atoms with Crippen LogP contribution in [0.4, 0.5) is 4.79 Å². The summed E-state index contributed by atoms with van der Waals surface area (Å²) in [4.78, 5) is 27.6. The number of benzene rings is 1. The molecule has 0 saturated carbocycles. The van der Waals surface area contributed by atoms with Gasteiger partial charge in [-0.15, -0.1) is 6.42 Å². The van der Waals surface area contributed by atoms with Crippen LogP contribution >= 0.6 is 0 Å². The Kier molecular flexibility index (Phi) is 5.42. The van der Waals surface area contributed by atoms with Gasteiger partial charge in [0.2, 0.25) is 5.91 Å². The van der Waals surface area contributed by atoms with Gasteiger partial charge < -0.3 is 15.1 Å². The van der Waals surface area contributed by atoms with E-state index in [2.05, 4.69) is 11.2 Å². The molecule has 0 radical (unpaired) electrons. The predicted molar refractivity (Wildman–Crippen MR) is 85.3 cm³/mol. The molecule has 0 unspecified atom stereocenters. The molecule has 1 aromatic rings. The minimum absolute atomic E-state index is 0.104. The molecule has 0 bridgehead atoms. The molecule has 1 aliphatic rings. The van der Waals surface area contributed by atoms with Gasteiger partial charge in [-0.2, -0.15) is 0 Å². The summed E-state index contributed by atoms with van der Waals surface area (Å²) in [5, 5.41) is 2.64. The average Bonchev–Trinajstić information content (AvgIpc) is 2.55. The predicted octanol–water partition coefficient (Wildman–Crippen LogP) is 1.02. The molecule has 0 atom stereocenters. The first kappa shape index (κ1) is 15.9. The Morgan fingerprint density at radius 1 is 1.14 bits per heavy atom. The van der Waals surface area contributed by atoms with Crippen molar-refractivity contribution in [1.29, 1.82) is 0 Å². The Morgan fingerprint density at radius 3 is 2.32 bits per heavy atom. The number of nitrogens with zero attached hydrogens (tertiary/aromatic N) is 2. The van der Waals surface area contributed by atoms with Crippen molar-refractivity contribution in [2.75, 3.05) is 32.7 Å². The Labute approximate surface area is 131 Å². The van der Waals surface area contributed by atoms with Crippen LogP contribution in [0.15, 0.2) is 24.3 Å². The van der Waals surface area contributed by atoms with Crippen LogP contribution in [0.25, 0.3) is 0 Å². The minimum Gasteiger partial charge on any atom is -0.339 e. The maximum absolute atomic E-state index is 12.3. The third kappa shape index (κ3) is 4.26. The van der Waals surface area contributed by atoms with E-state index in [9.17, 15) is 9.59 Å². The summed E-state index contributed by atoms with van der Waals surface area (Å²) in [5.41, 5.74) is 2.20. The molecule has 0 aliphatic carbocycles. The second kappa shape index (κ2) is 7.51. The highest BCUT2D eigenvalue weighted by Crippen LogP contribution is 2.08. The summed E-state index contributed by atoms with van der Waals surface area (Å²) in [7, 11) is 0. The van der Waals surface area contributed by atoms with Gasteiger partial charge in [0.1, 0.15) is 0 Å². The number of urea groups is 1. The van der Waals surface area contributed by atoms with Gasteiger partial charge in [0, 0.05) is 26.2 Å². The number of piperazine rings is 1. The maximum atomic E-state index is 12.3. The molecule has 0 aromatic heterocycles. The number of nitrogens with one attached hydrogen (secondary N) is 1. The molecule has 3 amide bonds. The number of aryl methyl sites for hydroxylation is 1. The molecule has 1 saturated heterocycles. The largest absolute Gasteiger partial charge is 0.339 e. The molecule has 1 aromatic carbocycles. The Bertz CT molecular complexity index is 567. The number of hydrogen-bond donors (Lipinski definition) is 1. The number of carbonyl (C=O) groups is 2. The summed E-state index contributed by atoms with van der Waals surface area (Å²) < 4.78 is 0. The quantitative estimate of drug-likeness (QED) is 0.848. The first-order valence-corrected chi connectivity index (χ1v) is 7.39. The number of hydrogen-bond acceptors (Lipinski definition) is 2. The minimum atomic E-state index is -0.163. The van der Waals surface area contributed by atoms with Crippen molar-refractivity contribution in [2.24, 2.45) is 0 Å². The topological polar surface area (TPSA) is 52.7 Å².